The predicted octanol–water partition coefficient (Wildman–Crippen LogP) is 2.91. The van der Waals surface area contributed by atoms with E-state index in [-0.39, 0.29) is 0 Å². The van der Waals surface area contributed by atoms with Crippen molar-refractivity contribution in [1.82, 2.24) is 10.6 Å². The van der Waals surface area contributed by atoms with E-state index >= 15 is 0 Å². The van der Waals surface area contributed by atoms with Gasteiger partial charge in [0.1, 0.15) is 5.75 Å². The van der Waals surface area contributed by atoms with Crippen LogP contribution in [0.3, 0.4) is 0 Å². The Balaban J connectivity index is 1.75. The molecule has 4 nitrogen and oxygen atoms in total. The summed E-state index contributed by atoms with van der Waals surface area (Å²) in [4.78, 5) is 4.25. The van der Waals surface area contributed by atoms with Crippen LogP contribution in [0.5, 0.6) is 5.75 Å². The third-order valence-corrected chi connectivity index (χ3v) is 3.67. The first-order valence-corrected chi connectivity index (χ1v) is 7.84. The molecule has 4 heteroatoms. The topological polar surface area (TPSA) is 45.7 Å². The molecule has 0 spiro atoms. The zero-order valence-corrected chi connectivity index (χ0v) is 14.1. The number of nitrogens with one attached hydrogen (secondary N) is 2. The highest BCUT2D eigenvalue weighted by atomic mass is 16.5. The van der Waals surface area contributed by atoms with Gasteiger partial charge in [-0.15, -0.1) is 0 Å². The summed E-state index contributed by atoms with van der Waals surface area (Å²) in [5.74, 6) is 1.70. The lowest BCUT2D eigenvalue weighted by atomic mass is 10.1. The number of rotatable bonds is 6. The Bertz CT molecular complexity index is 618. The molecule has 2 aromatic carbocycles. The van der Waals surface area contributed by atoms with Crippen LogP contribution in [0.15, 0.2) is 53.5 Å². The largest absolute Gasteiger partial charge is 0.497 e. The van der Waals surface area contributed by atoms with Crippen molar-refractivity contribution in [2.45, 2.75) is 19.9 Å². The van der Waals surface area contributed by atoms with E-state index in [1.807, 2.05) is 12.1 Å². The standard InChI is InChI=1S/C19H25N3O/c1-15-4-6-17(7-5-15)14-22-19(20-2)21-13-12-16-8-10-18(23-3)11-9-16/h4-11H,12-14H2,1-3H3,(H2,20,21,22). The van der Waals surface area contributed by atoms with Gasteiger partial charge >= 0.3 is 0 Å². The molecule has 2 aromatic rings. The molecular weight excluding hydrogens is 286 g/mol. The molecular formula is C19H25N3O. The van der Waals surface area contributed by atoms with Gasteiger partial charge in [-0.05, 0) is 36.6 Å². The van der Waals surface area contributed by atoms with Crippen molar-refractivity contribution in [2.75, 3.05) is 20.7 Å². The number of methoxy groups -OCH3 is 1. The number of ether oxygens (including phenoxy) is 1. The molecule has 0 unspecified atom stereocenters. The number of hydrogen-bond donors (Lipinski definition) is 2. The Hall–Kier alpha value is -2.49. The minimum atomic E-state index is 0.766. The number of aliphatic imine (C=N–C) groups is 1. The third kappa shape index (κ3) is 5.66. The van der Waals surface area contributed by atoms with E-state index in [2.05, 4.69) is 58.9 Å². The maximum Gasteiger partial charge on any atom is 0.191 e. The summed E-state index contributed by atoms with van der Waals surface area (Å²) >= 11 is 0. The second kappa shape index (κ2) is 8.83. The summed E-state index contributed by atoms with van der Waals surface area (Å²) in [6, 6.07) is 16.7. The summed E-state index contributed by atoms with van der Waals surface area (Å²) in [6.45, 7) is 3.69. The van der Waals surface area contributed by atoms with Crippen LogP contribution >= 0.6 is 0 Å². The van der Waals surface area contributed by atoms with Crippen LogP contribution in [-0.4, -0.2) is 26.7 Å². The molecule has 122 valence electrons. The number of aryl methyl sites for hydroxylation is 1. The van der Waals surface area contributed by atoms with Gasteiger partial charge in [-0.2, -0.15) is 0 Å². The van der Waals surface area contributed by atoms with Crippen LogP contribution in [0.1, 0.15) is 16.7 Å². The van der Waals surface area contributed by atoms with Gasteiger partial charge in [0.2, 0.25) is 0 Å². The molecule has 0 amide bonds. The molecule has 0 aliphatic rings. The number of nitrogens with zero attached hydrogens (tertiary/aromatic N) is 1. The van der Waals surface area contributed by atoms with E-state index < -0.39 is 0 Å². The molecule has 0 fully saturated rings. The fourth-order valence-electron chi connectivity index (χ4n) is 2.23. The first-order chi connectivity index (χ1) is 11.2. The van der Waals surface area contributed by atoms with Crippen molar-refractivity contribution in [3.05, 3.63) is 65.2 Å². The zero-order valence-electron chi connectivity index (χ0n) is 14.1. The summed E-state index contributed by atoms with van der Waals surface area (Å²) in [6.07, 6.45) is 0.940. The van der Waals surface area contributed by atoms with E-state index in [0.717, 1.165) is 31.2 Å². The zero-order chi connectivity index (χ0) is 16.5. The van der Waals surface area contributed by atoms with Crippen molar-refractivity contribution in [3.63, 3.8) is 0 Å². The lowest BCUT2D eigenvalue weighted by Crippen LogP contribution is -2.37. The van der Waals surface area contributed by atoms with E-state index in [4.69, 9.17) is 4.74 Å². The van der Waals surface area contributed by atoms with Crippen molar-refractivity contribution >= 4 is 5.96 Å². The smallest absolute Gasteiger partial charge is 0.191 e. The normalized spacial score (nSPS) is 11.2. The van der Waals surface area contributed by atoms with Gasteiger partial charge in [0.25, 0.3) is 0 Å². The quantitative estimate of drug-likeness (QED) is 0.637. The Morgan fingerprint density at radius 1 is 0.957 bits per heavy atom. The number of hydrogen-bond acceptors (Lipinski definition) is 2. The van der Waals surface area contributed by atoms with Crippen LogP contribution in [0.2, 0.25) is 0 Å². The van der Waals surface area contributed by atoms with E-state index in [9.17, 15) is 0 Å². The minimum Gasteiger partial charge on any atom is -0.497 e. The van der Waals surface area contributed by atoms with E-state index in [0.29, 0.717) is 0 Å². The average Bonchev–Trinajstić information content (AvgIpc) is 2.60. The Morgan fingerprint density at radius 2 is 1.61 bits per heavy atom. The summed E-state index contributed by atoms with van der Waals surface area (Å²) in [5.41, 5.74) is 3.79. The molecule has 0 bridgehead atoms. The minimum absolute atomic E-state index is 0.766. The maximum atomic E-state index is 5.17. The molecule has 0 aliphatic heterocycles. The van der Waals surface area contributed by atoms with Crippen LogP contribution in [0, 0.1) is 6.92 Å². The third-order valence-electron chi connectivity index (χ3n) is 3.67. The van der Waals surface area contributed by atoms with Crippen LogP contribution in [-0.2, 0) is 13.0 Å². The van der Waals surface area contributed by atoms with Gasteiger partial charge in [-0.3, -0.25) is 4.99 Å². The fourth-order valence-corrected chi connectivity index (χ4v) is 2.23. The van der Waals surface area contributed by atoms with Gasteiger partial charge in [-0.1, -0.05) is 42.0 Å². The molecule has 0 aromatic heterocycles. The first kappa shape index (κ1) is 16.9. The monoisotopic (exact) mass is 311 g/mol. The summed E-state index contributed by atoms with van der Waals surface area (Å²) in [5, 5.41) is 6.66. The molecule has 0 heterocycles. The fraction of sp³-hybridized carbons (Fsp3) is 0.316. The second-order valence-corrected chi connectivity index (χ2v) is 5.44. The molecule has 0 saturated heterocycles. The van der Waals surface area contributed by atoms with Crippen molar-refractivity contribution < 1.29 is 4.74 Å². The number of guanidine groups is 1. The first-order valence-electron chi connectivity index (χ1n) is 7.84. The Morgan fingerprint density at radius 3 is 2.22 bits per heavy atom. The van der Waals surface area contributed by atoms with Gasteiger partial charge in [0.15, 0.2) is 5.96 Å². The molecule has 0 aliphatic carbocycles. The van der Waals surface area contributed by atoms with Crippen LogP contribution in [0.25, 0.3) is 0 Å². The molecule has 2 N–H and O–H groups in total. The van der Waals surface area contributed by atoms with E-state index in [1.54, 1.807) is 14.2 Å². The van der Waals surface area contributed by atoms with Crippen molar-refractivity contribution in [2.24, 2.45) is 4.99 Å². The Kier molecular flexibility index (Phi) is 6.48. The lowest BCUT2D eigenvalue weighted by molar-refractivity contribution is 0.414. The molecule has 0 atom stereocenters. The van der Waals surface area contributed by atoms with Crippen molar-refractivity contribution in [1.29, 1.82) is 0 Å². The second-order valence-electron chi connectivity index (χ2n) is 5.44. The van der Waals surface area contributed by atoms with Gasteiger partial charge in [-0.25, -0.2) is 0 Å². The Labute approximate surface area is 138 Å². The maximum absolute atomic E-state index is 5.17. The summed E-state index contributed by atoms with van der Waals surface area (Å²) in [7, 11) is 3.47. The number of benzene rings is 2. The highest BCUT2D eigenvalue weighted by molar-refractivity contribution is 5.79. The van der Waals surface area contributed by atoms with Gasteiger partial charge in [0.05, 0.1) is 7.11 Å². The van der Waals surface area contributed by atoms with Gasteiger partial charge < -0.3 is 15.4 Å². The molecule has 23 heavy (non-hydrogen) atoms. The predicted molar refractivity (Wildman–Crippen MR) is 96.1 cm³/mol. The van der Waals surface area contributed by atoms with Crippen molar-refractivity contribution in [3.8, 4) is 5.75 Å². The van der Waals surface area contributed by atoms with E-state index in [1.165, 1.54) is 16.7 Å². The lowest BCUT2D eigenvalue weighted by Gasteiger charge is -2.12. The van der Waals surface area contributed by atoms with Gasteiger partial charge in [0, 0.05) is 20.1 Å². The van der Waals surface area contributed by atoms with Crippen LogP contribution < -0.4 is 15.4 Å². The van der Waals surface area contributed by atoms with Crippen LogP contribution in [0.4, 0.5) is 0 Å². The molecule has 0 saturated carbocycles. The highest BCUT2D eigenvalue weighted by Gasteiger charge is 1.99. The summed E-state index contributed by atoms with van der Waals surface area (Å²) < 4.78 is 5.17. The highest BCUT2D eigenvalue weighted by Crippen LogP contribution is 2.11. The average molecular weight is 311 g/mol. The molecule has 2 rings (SSSR count). The SMILES string of the molecule is CN=C(NCCc1ccc(OC)cc1)NCc1ccc(C)cc1. The molecule has 0 radical (unpaired) electrons.